The van der Waals surface area contributed by atoms with E-state index >= 15 is 0 Å². The van der Waals surface area contributed by atoms with E-state index in [1.165, 1.54) is 13.2 Å². The zero-order valence-electron chi connectivity index (χ0n) is 9.13. The molecule has 1 aliphatic heterocycles. The normalized spacial score (nSPS) is 17.5. The summed E-state index contributed by atoms with van der Waals surface area (Å²) in [4.78, 5) is 4.22. The average molecular weight is 275 g/mol. The van der Waals surface area contributed by atoms with E-state index in [0.29, 0.717) is 5.69 Å². The lowest BCUT2D eigenvalue weighted by molar-refractivity contribution is 0.192. The molecular formula is C10H11ClN2O3S. The quantitative estimate of drug-likeness (QED) is 0.786. The van der Waals surface area contributed by atoms with Gasteiger partial charge in [-0.3, -0.25) is 0 Å². The number of methoxy groups -OCH3 is 1. The molecule has 0 spiro atoms. The largest absolute Gasteiger partial charge is 0.383 e. The first-order valence-electron chi connectivity index (χ1n) is 4.92. The molecule has 0 radical (unpaired) electrons. The maximum absolute atomic E-state index is 12.2. The maximum Gasteiger partial charge on any atom is 0.268 e. The van der Waals surface area contributed by atoms with Crippen molar-refractivity contribution in [1.82, 2.24) is 4.31 Å². The van der Waals surface area contributed by atoms with Gasteiger partial charge >= 0.3 is 0 Å². The molecular weight excluding hydrogens is 264 g/mol. The number of sulfonamides is 1. The standard InChI is InChI=1S/C10H11ClN2O3S/c1-16-7-6-13-10(11)12-8-4-2-3-5-9(8)17(13,14)15/h2-5H,6-7H2,1H3. The van der Waals surface area contributed by atoms with Crippen molar-refractivity contribution in [3.8, 4) is 0 Å². The van der Waals surface area contributed by atoms with Crippen LogP contribution in [0.3, 0.4) is 0 Å². The lowest BCUT2D eigenvalue weighted by Gasteiger charge is -2.26. The van der Waals surface area contributed by atoms with E-state index in [1.807, 2.05) is 0 Å². The molecule has 0 fully saturated rings. The summed E-state index contributed by atoms with van der Waals surface area (Å²) in [6, 6.07) is 6.49. The minimum Gasteiger partial charge on any atom is -0.383 e. The fourth-order valence-corrected chi connectivity index (χ4v) is 3.40. The second-order valence-corrected chi connectivity index (χ2v) is 5.59. The highest BCUT2D eigenvalue weighted by Gasteiger charge is 2.32. The number of hydrogen-bond donors (Lipinski definition) is 0. The fraction of sp³-hybridized carbons (Fsp3) is 0.300. The molecule has 1 heterocycles. The molecule has 0 amide bonds. The van der Waals surface area contributed by atoms with Crippen LogP contribution in [0.5, 0.6) is 0 Å². The molecule has 7 heteroatoms. The lowest BCUT2D eigenvalue weighted by atomic mass is 10.3. The van der Waals surface area contributed by atoms with Gasteiger partial charge in [0.15, 0.2) is 0 Å². The third-order valence-electron chi connectivity index (χ3n) is 2.35. The molecule has 1 aromatic rings. The second kappa shape index (κ2) is 4.64. The number of benzene rings is 1. The van der Waals surface area contributed by atoms with Crippen molar-refractivity contribution < 1.29 is 13.2 Å². The third kappa shape index (κ3) is 2.15. The minimum atomic E-state index is -3.61. The molecule has 2 rings (SSSR count). The Hall–Kier alpha value is -1.11. The number of hydrogen-bond acceptors (Lipinski definition) is 4. The Balaban J connectivity index is 2.48. The lowest BCUT2D eigenvalue weighted by Crippen LogP contribution is -2.38. The van der Waals surface area contributed by atoms with Crippen LogP contribution in [-0.2, 0) is 14.8 Å². The Bertz CT molecular complexity index is 556. The van der Waals surface area contributed by atoms with Crippen LogP contribution in [0.4, 0.5) is 5.69 Å². The molecule has 0 bridgehead atoms. The van der Waals surface area contributed by atoms with Crippen LogP contribution in [0.25, 0.3) is 0 Å². The van der Waals surface area contributed by atoms with Gasteiger partial charge < -0.3 is 4.74 Å². The number of nitrogens with zero attached hydrogens (tertiary/aromatic N) is 2. The molecule has 0 aromatic heterocycles. The number of rotatable bonds is 3. The average Bonchev–Trinajstić information content (AvgIpc) is 2.28. The summed E-state index contributed by atoms with van der Waals surface area (Å²) in [5.74, 6) is 0. The predicted octanol–water partition coefficient (Wildman–Crippen LogP) is 1.56. The van der Waals surface area contributed by atoms with Gasteiger partial charge in [0.2, 0.25) is 5.29 Å². The highest BCUT2D eigenvalue weighted by Crippen LogP contribution is 2.32. The summed E-state index contributed by atoms with van der Waals surface area (Å²) >= 11 is 5.87. The predicted molar refractivity (Wildman–Crippen MR) is 65.2 cm³/mol. The van der Waals surface area contributed by atoms with E-state index in [2.05, 4.69) is 4.99 Å². The second-order valence-electron chi connectivity index (χ2n) is 3.42. The van der Waals surface area contributed by atoms with Crippen molar-refractivity contribution >= 4 is 32.6 Å². The summed E-state index contributed by atoms with van der Waals surface area (Å²) in [7, 11) is -2.12. The van der Waals surface area contributed by atoms with Crippen LogP contribution < -0.4 is 0 Å². The topological polar surface area (TPSA) is 59.0 Å². The van der Waals surface area contributed by atoms with Gasteiger partial charge in [-0.15, -0.1) is 0 Å². The van der Waals surface area contributed by atoms with Crippen LogP contribution in [0.15, 0.2) is 34.2 Å². The van der Waals surface area contributed by atoms with Gasteiger partial charge in [0.1, 0.15) is 4.90 Å². The van der Waals surface area contributed by atoms with Crippen LogP contribution in [0.2, 0.25) is 0 Å². The molecule has 1 aromatic carbocycles. The number of amidine groups is 1. The summed E-state index contributed by atoms with van der Waals surface area (Å²) in [5.41, 5.74) is 0.367. The van der Waals surface area contributed by atoms with Crippen molar-refractivity contribution in [2.24, 2.45) is 4.99 Å². The summed E-state index contributed by atoms with van der Waals surface area (Å²) in [6.07, 6.45) is 0. The molecule has 5 nitrogen and oxygen atoms in total. The van der Waals surface area contributed by atoms with Gasteiger partial charge in [0.25, 0.3) is 10.0 Å². The van der Waals surface area contributed by atoms with Crippen molar-refractivity contribution in [3.63, 3.8) is 0 Å². The molecule has 0 saturated heterocycles. The zero-order chi connectivity index (χ0) is 12.5. The van der Waals surface area contributed by atoms with E-state index in [-0.39, 0.29) is 23.3 Å². The number of ether oxygens (including phenoxy) is 1. The van der Waals surface area contributed by atoms with Gasteiger partial charge in [0, 0.05) is 7.11 Å². The third-order valence-corrected chi connectivity index (χ3v) is 4.58. The molecule has 0 saturated carbocycles. The van der Waals surface area contributed by atoms with Crippen LogP contribution in [0, 0.1) is 0 Å². The highest BCUT2D eigenvalue weighted by atomic mass is 35.5. The summed E-state index contributed by atoms with van der Waals surface area (Å²) in [6.45, 7) is 0.405. The fourth-order valence-electron chi connectivity index (χ4n) is 1.53. The first-order valence-corrected chi connectivity index (χ1v) is 6.74. The van der Waals surface area contributed by atoms with Gasteiger partial charge in [0.05, 0.1) is 18.8 Å². The van der Waals surface area contributed by atoms with Gasteiger partial charge in [-0.05, 0) is 23.7 Å². The summed E-state index contributed by atoms with van der Waals surface area (Å²) in [5, 5.41) is -0.0549. The van der Waals surface area contributed by atoms with E-state index < -0.39 is 10.0 Å². The van der Waals surface area contributed by atoms with Crippen molar-refractivity contribution in [3.05, 3.63) is 24.3 Å². The van der Waals surface area contributed by atoms with Crippen LogP contribution in [-0.4, -0.2) is 38.3 Å². The van der Waals surface area contributed by atoms with E-state index in [4.69, 9.17) is 16.3 Å². The van der Waals surface area contributed by atoms with Crippen LogP contribution in [0.1, 0.15) is 0 Å². The zero-order valence-corrected chi connectivity index (χ0v) is 10.7. The molecule has 0 atom stereocenters. The monoisotopic (exact) mass is 274 g/mol. The number of para-hydroxylation sites is 1. The smallest absolute Gasteiger partial charge is 0.268 e. The van der Waals surface area contributed by atoms with E-state index in [9.17, 15) is 8.42 Å². The Kier molecular flexibility index (Phi) is 3.37. The molecule has 1 aliphatic rings. The Morgan fingerprint density at radius 3 is 2.82 bits per heavy atom. The molecule has 0 N–H and O–H groups in total. The maximum atomic E-state index is 12.2. The molecule has 0 aliphatic carbocycles. The Labute approximate surface area is 105 Å². The van der Waals surface area contributed by atoms with Crippen molar-refractivity contribution in [2.75, 3.05) is 20.3 Å². The van der Waals surface area contributed by atoms with Gasteiger partial charge in [-0.25, -0.2) is 17.7 Å². The van der Waals surface area contributed by atoms with E-state index in [1.54, 1.807) is 18.2 Å². The number of fused-ring (bicyclic) bond motifs is 1. The van der Waals surface area contributed by atoms with Crippen molar-refractivity contribution in [2.45, 2.75) is 4.90 Å². The van der Waals surface area contributed by atoms with Gasteiger partial charge in [-0.2, -0.15) is 0 Å². The Morgan fingerprint density at radius 2 is 2.12 bits per heavy atom. The molecule has 17 heavy (non-hydrogen) atoms. The Morgan fingerprint density at radius 1 is 1.41 bits per heavy atom. The minimum absolute atomic E-state index is 0.0549. The van der Waals surface area contributed by atoms with Crippen molar-refractivity contribution in [1.29, 1.82) is 0 Å². The molecule has 92 valence electrons. The first-order chi connectivity index (χ1) is 8.07. The van der Waals surface area contributed by atoms with E-state index in [0.717, 1.165) is 4.31 Å². The molecule has 0 unspecified atom stereocenters. The first kappa shape index (κ1) is 12.3. The highest BCUT2D eigenvalue weighted by molar-refractivity contribution is 7.90. The van der Waals surface area contributed by atoms with Crippen LogP contribution >= 0.6 is 11.6 Å². The summed E-state index contributed by atoms with van der Waals surface area (Å²) < 4.78 is 30.3. The number of halogens is 1. The number of aliphatic imine (C=N–C) groups is 1. The van der Waals surface area contributed by atoms with Gasteiger partial charge in [-0.1, -0.05) is 12.1 Å². The SMILES string of the molecule is COCCN1C(Cl)=Nc2ccccc2S1(=O)=O.